The van der Waals surface area contributed by atoms with Gasteiger partial charge in [0.05, 0.1) is 23.2 Å². The Bertz CT molecular complexity index is 1140. The Balaban J connectivity index is 1.96. The number of anilines is 2. The van der Waals surface area contributed by atoms with Gasteiger partial charge in [-0.05, 0) is 43.2 Å². The lowest BCUT2D eigenvalue weighted by Crippen LogP contribution is -2.15. The molecular weight excluding hydrogens is 407 g/mol. The molecule has 2 N–H and O–H groups in total. The van der Waals surface area contributed by atoms with E-state index in [-0.39, 0.29) is 21.1 Å². The highest BCUT2D eigenvalue weighted by atomic mass is 32.1. The van der Waals surface area contributed by atoms with Gasteiger partial charge in [-0.2, -0.15) is 0 Å². The van der Waals surface area contributed by atoms with Gasteiger partial charge in [-0.25, -0.2) is 9.18 Å². The first kappa shape index (κ1) is 21.2. The number of thiophene rings is 1. The summed E-state index contributed by atoms with van der Waals surface area (Å²) in [7, 11) is 1.21. The molecule has 0 unspecified atom stereocenters. The third-order valence-electron chi connectivity index (χ3n) is 4.48. The number of esters is 1. The molecule has 2 amide bonds. The number of carbonyl (C=O) groups excluding carboxylic acids is 3. The number of nitrogens with one attached hydrogen (secondary N) is 2. The number of methoxy groups -OCH3 is 1. The van der Waals surface area contributed by atoms with Gasteiger partial charge in [0.1, 0.15) is 10.8 Å². The molecule has 0 bridgehead atoms. The zero-order valence-electron chi connectivity index (χ0n) is 16.5. The largest absolute Gasteiger partial charge is 0.465 e. The molecule has 0 spiro atoms. The molecule has 0 saturated carbocycles. The average Bonchev–Trinajstić information content (AvgIpc) is 3.05. The van der Waals surface area contributed by atoms with Gasteiger partial charge in [-0.3, -0.25) is 9.59 Å². The van der Waals surface area contributed by atoms with Crippen molar-refractivity contribution in [2.75, 3.05) is 17.7 Å². The van der Waals surface area contributed by atoms with E-state index in [9.17, 15) is 18.8 Å². The van der Waals surface area contributed by atoms with E-state index in [1.165, 1.54) is 25.3 Å². The smallest absolute Gasteiger partial charge is 0.341 e. The van der Waals surface area contributed by atoms with Crippen molar-refractivity contribution in [2.45, 2.75) is 13.8 Å². The quantitative estimate of drug-likeness (QED) is 0.574. The predicted molar refractivity (Wildman–Crippen MR) is 114 cm³/mol. The van der Waals surface area contributed by atoms with E-state index in [4.69, 9.17) is 4.74 Å². The molecule has 30 heavy (non-hydrogen) atoms. The molecule has 1 aromatic heterocycles. The van der Waals surface area contributed by atoms with Crippen LogP contribution >= 0.6 is 11.3 Å². The summed E-state index contributed by atoms with van der Waals surface area (Å²) in [4.78, 5) is 38.0. The summed E-state index contributed by atoms with van der Waals surface area (Å²) in [6.45, 7) is 3.37. The fraction of sp³-hybridized carbons (Fsp3) is 0.136. The Hall–Kier alpha value is -3.52. The number of carbonyl (C=O) groups is 3. The minimum Gasteiger partial charge on any atom is -0.465 e. The lowest BCUT2D eigenvalue weighted by atomic mass is 10.1. The van der Waals surface area contributed by atoms with Crippen LogP contribution in [0.2, 0.25) is 0 Å². The third-order valence-corrected chi connectivity index (χ3v) is 5.69. The van der Waals surface area contributed by atoms with Crippen LogP contribution in [0.1, 0.15) is 41.5 Å². The van der Waals surface area contributed by atoms with E-state index in [1.54, 1.807) is 38.1 Å². The number of rotatable bonds is 5. The molecule has 0 atom stereocenters. The number of benzene rings is 2. The molecule has 0 aliphatic carbocycles. The molecule has 8 heteroatoms. The predicted octanol–water partition coefficient (Wildman–Crippen LogP) is 4.80. The fourth-order valence-electron chi connectivity index (χ4n) is 2.91. The van der Waals surface area contributed by atoms with E-state index in [2.05, 4.69) is 10.6 Å². The summed E-state index contributed by atoms with van der Waals surface area (Å²) in [5.41, 5.74) is 1.64. The molecule has 0 radical (unpaired) electrons. The van der Waals surface area contributed by atoms with Crippen LogP contribution in [0.4, 0.5) is 15.1 Å². The summed E-state index contributed by atoms with van der Waals surface area (Å²) >= 11 is 0.925. The van der Waals surface area contributed by atoms with Gasteiger partial charge in [0.2, 0.25) is 0 Å². The molecule has 3 rings (SSSR count). The zero-order chi connectivity index (χ0) is 21.8. The van der Waals surface area contributed by atoms with Crippen molar-refractivity contribution in [1.29, 1.82) is 0 Å². The van der Waals surface area contributed by atoms with E-state index < -0.39 is 23.6 Å². The lowest BCUT2D eigenvalue weighted by Gasteiger charge is -2.08. The molecular formula is C22H19FN2O4S. The summed E-state index contributed by atoms with van der Waals surface area (Å²) in [6.07, 6.45) is 0. The maximum atomic E-state index is 13.9. The third kappa shape index (κ3) is 4.23. The van der Waals surface area contributed by atoms with Gasteiger partial charge in [-0.1, -0.05) is 30.3 Å². The second-order valence-electron chi connectivity index (χ2n) is 6.45. The molecule has 3 aromatic rings. The van der Waals surface area contributed by atoms with Crippen LogP contribution in [0.15, 0.2) is 48.5 Å². The maximum Gasteiger partial charge on any atom is 0.341 e. The van der Waals surface area contributed by atoms with Crippen LogP contribution in [0.25, 0.3) is 0 Å². The average molecular weight is 426 g/mol. The Kier molecular flexibility index (Phi) is 6.27. The highest BCUT2D eigenvalue weighted by Crippen LogP contribution is 2.35. The van der Waals surface area contributed by atoms with Gasteiger partial charge in [0.15, 0.2) is 0 Å². The normalized spacial score (nSPS) is 10.4. The summed E-state index contributed by atoms with van der Waals surface area (Å²) in [5, 5.41) is 5.38. The van der Waals surface area contributed by atoms with E-state index in [1.807, 2.05) is 6.07 Å². The van der Waals surface area contributed by atoms with Crippen LogP contribution in [0, 0.1) is 19.7 Å². The molecule has 6 nitrogen and oxygen atoms in total. The molecule has 1 heterocycles. The fourth-order valence-corrected chi connectivity index (χ4v) is 3.99. The molecule has 0 fully saturated rings. The molecule has 0 aliphatic heterocycles. The van der Waals surface area contributed by atoms with E-state index in [0.717, 1.165) is 16.9 Å². The number of hydrogen-bond acceptors (Lipinski definition) is 5. The van der Waals surface area contributed by atoms with Crippen molar-refractivity contribution in [2.24, 2.45) is 0 Å². The zero-order valence-corrected chi connectivity index (χ0v) is 17.4. The lowest BCUT2D eigenvalue weighted by molar-refractivity contribution is 0.0601. The van der Waals surface area contributed by atoms with Gasteiger partial charge >= 0.3 is 5.97 Å². The van der Waals surface area contributed by atoms with Crippen LogP contribution in [0.5, 0.6) is 0 Å². The summed E-state index contributed by atoms with van der Waals surface area (Å²) < 4.78 is 18.7. The first-order valence-electron chi connectivity index (χ1n) is 8.98. The highest BCUT2D eigenvalue weighted by molar-refractivity contribution is 7.19. The Morgan fingerprint density at radius 2 is 1.60 bits per heavy atom. The molecule has 154 valence electrons. The number of para-hydroxylation sites is 1. The number of halogens is 1. The first-order chi connectivity index (χ1) is 14.3. The SMILES string of the molecule is COC(=O)c1c(NC(=O)c2ccccc2C)sc(C(=O)Nc2ccccc2F)c1C. The minimum absolute atomic E-state index is 0.0143. The molecule has 2 aromatic carbocycles. The minimum atomic E-state index is -0.686. The Labute approximate surface area is 176 Å². The molecule has 0 saturated heterocycles. The van der Waals surface area contributed by atoms with Crippen LogP contribution in [-0.2, 0) is 4.74 Å². The topological polar surface area (TPSA) is 84.5 Å². The van der Waals surface area contributed by atoms with Gasteiger partial charge < -0.3 is 15.4 Å². The second kappa shape index (κ2) is 8.87. The van der Waals surface area contributed by atoms with E-state index >= 15 is 0 Å². The maximum absolute atomic E-state index is 13.9. The van der Waals surface area contributed by atoms with E-state index in [0.29, 0.717) is 11.1 Å². The van der Waals surface area contributed by atoms with Gasteiger partial charge in [0, 0.05) is 5.56 Å². The van der Waals surface area contributed by atoms with Crippen molar-refractivity contribution >= 4 is 39.8 Å². The first-order valence-corrected chi connectivity index (χ1v) is 9.79. The van der Waals surface area contributed by atoms with Crippen molar-refractivity contribution < 1.29 is 23.5 Å². The standard InChI is InChI=1S/C22H19FN2O4S/c1-12-8-4-5-9-14(12)19(26)25-21-17(22(28)29-3)13(2)18(30-21)20(27)24-16-11-7-6-10-15(16)23/h4-11H,1-3H3,(H,24,27)(H,25,26). The number of aryl methyl sites for hydroxylation is 1. The Morgan fingerprint density at radius 3 is 2.27 bits per heavy atom. The van der Waals surface area contributed by atoms with Crippen molar-refractivity contribution in [3.05, 3.63) is 81.5 Å². The number of ether oxygens (including phenoxy) is 1. The van der Waals surface area contributed by atoms with Crippen molar-refractivity contribution in [3.8, 4) is 0 Å². The second-order valence-corrected chi connectivity index (χ2v) is 7.48. The van der Waals surface area contributed by atoms with Crippen LogP contribution < -0.4 is 10.6 Å². The number of hydrogen-bond donors (Lipinski definition) is 2. The van der Waals surface area contributed by atoms with Gasteiger partial charge in [0.25, 0.3) is 11.8 Å². The van der Waals surface area contributed by atoms with Crippen molar-refractivity contribution in [3.63, 3.8) is 0 Å². The van der Waals surface area contributed by atoms with Crippen LogP contribution in [-0.4, -0.2) is 24.9 Å². The Morgan fingerprint density at radius 1 is 0.933 bits per heavy atom. The summed E-state index contributed by atoms with van der Waals surface area (Å²) in [5.74, 6) is -2.28. The summed E-state index contributed by atoms with van der Waals surface area (Å²) in [6, 6.07) is 12.8. The monoisotopic (exact) mass is 426 g/mol. The van der Waals surface area contributed by atoms with Crippen molar-refractivity contribution in [1.82, 2.24) is 0 Å². The van der Waals surface area contributed by atoms with Gasteiger partial charge in [-0.15, -0.1) is 11.3 Å². The number of amides is 2. The highest BCUT2D eigenvalue weighted by Gasteiger charge is 2.27. The van der Waals surface area contributed by atoms with Crippen LogP contribution in [0.3, 0.4) is 0 Å². The molecule has 0 aliphatic rings.